The van der Waals surface area contributed by atoms with Crippen LogP contribution in [0.25, 0.3) is 0 Å². The maximum atomic E-state index is 12.6. The second kappa shape index (κ2) is 7.17. The standard InChI is InChI=1S/C11H16Br2NO3P/c1-3-16-18(15,17-4-2)11(14)9-7-8(12)5-6-10(9)13/h5-7,11H,3-4,14H2,1-2H3/t11-/m1/s1. The Bertz CT molecular complexity index is 446. The first-order valence-electron chi connectivity index (χ1n) is 5.54. The summed E-state index contributed by atoms with van der Waals surface area (Å²) >= 11 is 6.75. The summed E-state index contributed by atoms with van der Waals surface area (Å²) in [7, 11) is -3.35. The van der Waals surface area contributed by atoms with Gasteiger partial charge in [-0.3, -0.25) is 4.57 Å². The summed E-state index contributed by atoms with van der Waals surface area (Å²) in [5, 5.41) is 0. The summed E-state index contributed by atoms with van der Waals surface area (Å²) in [4.78, 5) is 0. The van der Waals surface area contributed by atoms with Crippen molar-refractivity contribution in [2.75, 3.05) is 13.2 Å². The van der Waals surface area contributed by atoms with Crippen LogP contribution in [0.3, 0.4) is 0 Å². The number of benzene rings is 1. The normalized spacial score (nSPS) is 13.6. The summed E-state index contributed by atoms with van der Waals surface area (Å²) in [5.41, 5.74) is 6.74. The molecule has 0 saturated carbocycles. The fourth-order valence-corrected chi connectivity index (χ4v) is 4.19. The summed E-state index contributed by atoms with van der Waals surface area (Å²) < 4.78 is 24.7. The lowest BCUT2D eigenvalue weighted by atomic mass is 10.2. The van der Waals surface area contributed by atoms with Crippen LogP contribution in [0.15, 0.2) is 27.1 Å². The zero-order valence-corrected chi connectivity index (χ0v) is 14.3. The highest BCUT2D eigenvalue weighted by atomic mass is 79.9. The highest BCUT2D eigenvalue weighted by molar-refractivity contribution is 9.11. The van der Waals surface area contributed by atoms with Crippen molar-refractivity contribution in [2.45, 2.75) is 19.6 Å². The Balaban J connectivity index is 3.13. The molecule has 0 aliphatic rings. The van der Waals surface area contributed by atoms with Crippen LogP contribution in [-0.2, 0) is 13.6 Å². The van der Waals surface area contributed by atoms with E-state index in [0.29, 0.717) is 5.56 Å². The number of nitrogens with two attached hydrogens (primary N) is 1. The molecule has 2 N–H and O–H groups in total. The Morgan fingerprint density at radius 3 is 2.33 bits per heavy atom. The molecule has 0 unspecified atom stereocenters. The molecule has 1 aromatic rings. The van der Waals surface area contributed by atoms with E-state index in [1.165, 1.54) is 0 Å². The second-order valence-corrected chi connectivity index (χ2v) is 7.41. The zero-order valence-electron chi connectivity index (χ0n) is 10.2. The SMILES string of the molecule is CCOP(=O)(OCC)[C@@H](N)c1cc(Br)ccc1Br. The van der Waals surface area contributed by atoms with Gasteiger partial charge in [0.15, 0.2) is 0 Å². The van der Waals surface area contributed by atoms with Crippen molar-refractivity contribution in [3.63, 3.8) is 0 Å². The maximum absolute atomic E-state index is 12.6. The van der Waals surface area contributed by atoms with Crippen LogP contribution < -0.4 is 5.73 Å². The molecule has 0 radical (unpaired) electrons. The van der Waals surface area contributed by atoms with Gasteiger partial charge in [-0.25, -0.2) is 0 Å². The molecule has 0 spiro atoms. The van der Waals surface area contributed by atoms with Crippen LogP contribution in [0.4, 0.5) is 0 Å². The molecule has 18 heavy (non-hydrogen) atoms. The number of hydrogen-bond donors (Lipinski definition) is 1. The van der Waals surface area contributed by atoms with Crippen molar-refractivity contribution in [1.82, 2.24) is 0 Å². The predicted molar refractivity (Wildman–Crippen MR) is 79.6 cm³/mol. The molecule has 7 heteroatoms. The Kier molecular flexibility index (Phi) is 6.51. The monoisotopic (exact) mass is 399 g/mol. The highest BCUT2D eigenvalue weighted by Gasteiger charge is 2.35. The van der Waals surface area contributed by atoms with Gasteiger partial charge in [0.05, 0.1) is 13.2 Å². The fourth-order valence-electron chi connectivity index (χ4n) is 1.47. The van der Waals surface area contributed by atoms with Crippen LogP contribution >= 0.6 is 39.5 Å². The molecule has 0 amide bonds. The first-order chi connectivity index (χ1) is 8.44. The minimum absolute atomic E-state index is 0.288. The summed E-state index contributed by atoms with van der Waals surface area (Å²) in [6.45, 7) is 4.09. The molecule has 0 aromatic heterocycles. The van der Waals surface area contributed by atoms with E-state index in [0.717, 1.165) is 8.95 Å². The lowest BCUT2D eigenvalue weighted by Gasteiger charge is -2.24. The van der Waals surface area contributed by atoms with Crippen molar-refractivity contribution >= 4 is 39.5 Å². The average molecular weight is 401 g/mol. The van der Waals surface area contributed by atoms with E-state index in [9.17, 15) is 4.57 Å². The Labute approximate surface area is 124 Å². The van der Waals surface area contributed by atoms with Crippen LogP contribution in [0.5, 0.6) is 0 Å². The summed E-state index contributed by atoms with van der Waals surface area (Å²) in [6, 6.07) is 5.51. The molecule has 4 nitrogen and oxygen atoms in total. The molecule has 0 aliphatic carbocycles. The van der Waals surface area contributed by atoms with Crippen LogP contribution in [0.2, 0.25) is 0 Å². The first kappa shape index (κ1) is 16.3. The van der Waals surface area contributed by atoms with Gasteiger partial charge in [-0.05, 0) is 37.6 Å². The van der Waals surface area contributed by atoms with E-state index in [2.05, 4.69) is 31.9 Å². The molecule has 0 heterocycles. The van der Waals surface area contributed by atoms with Crippen LogP contribution in [0, 0.1) is 0 Å². The van der Waals surface area contributed by atoms with Crippen molar-refractivity contribution in [3.05, 3.63) is 32.7 Å². The van der Waals surface area contributed by atoms with E-state index in [1.54, 1.807) is 19.9 Å². The molecular weight excluding hydrogens is 385 g/mol. The molecule has 102 valence electrons. The fraction of sp³-hybridized carbons (Fsp3) is 0.455. The zero-order chi connectivity index (χ0) is 13.8. The summed E-state index contributed by atoms with van der Waals surface area (Å²) in [6.07, 6.45) is 0. The molecule has 0 saturated heterocycles. The largest absolute Gasteiger partial charge is 0.351 e. The van der Waals surface area contributed by atoms with E-state index in [-0.39, 0.29) is 13.2 Å². The molecule has 1 rings (SSSR count). The second-order valence-electron chi connectivity index (χ2n) is 3.49. The minimum Gasteiger partial charge on any atom is -0.314 e. The van der Waals surface area contributed by atoms with Gasteiger partial charge >= 0.3 is 7.60 Å². The molecular formula is C11H16Br2NO3P. The number of rotatable bonds is 6. The number of halogens is 2. The predicted octanol–water partition coefficient (Wildman–Crippen LogP) is 4.44. The lowest BCUT2D eigenvalue weighted by Crippen LogP contribution is -2.15. The minimum atomic E-state index is -3.35. The Hall–Kier alpha value is 0.290. The molecule has 0 bridgehead atoms. The van der Waals surface area contributed by atoms with Gasteiger partial charge in [0.25, 0.3) is 0 Å². The van der Waals surface area contributed by atoms with E-state index < -0.39 is 13.4 Å². The van der Waals surface area contributed by atoms with Gasteiger partial charge < -0.3 is 14.8 Å². The van der Waals surface area contributed by atoms with E-state index in [4.69, 9.17) is 14.8 Å². The smallest absolute Gasteiger partial charge is 0.314 e. The molecule has 0 aliphatic heterocycles. The van der Waals surface area contributed by atoms with Gasteiger partial charge in [-0.15, -0.1) is 0 Å². The topological polar surface area (TPSA) is 61.5 Å². The van der Waals surface area contributed by atoms with Gasteiger partial charge in [-0.2, -0.15) is 0 Å². The Morgan fingerprint density at radius 1 is 1.28 bits per heavy atom. The molecule has 1 aromatic carbocycles. The van der Waals surface area contributed by atoms with Crippen molar-refractivity contribution < 1.29 is 13.6 Å². The maximum Gasteiger partial charge on any atom is 0.351 e. The summed E-state index contributed by atoms with van der Waals surface area (Å²) in [5.74, 6) is -0.815. The van der Waals surface area contributed by atoms with Crippen molar-refractivity contribution in [1.29, 1.82) is 0 Å². The van der Waals surface area contributed by atoms with Gasteiger partial charge in [-0.1, -0.05) is 31.9 Å². The van der Waals surface area contributed by atoms with Gasteiger partial charge in [0, 0.05) is 8.95 Å². The van der Waals surface area contributed by atoms with E-state index in [1.807, 2.05) is 12.1 Å². The first-order valence-corrected chi connectivity index (χ1v) is 8.73. The number of hydrogen-bond acceptors (Lipinski definition) is 4. The third-order valence-corrected chi connectivity index (χ3v) is 5.65. The van der Waals surface area contributed by atoms with Gasteiger partial charge in [0.2, 0.25) is 0 Å². The van der Waals surface area contributed by atoms with Gasteiger partial charge in [0.1, 0.15) is 5.78 Å². The third-order valence-electron chi connectivity index (χ3n) is 2.24. The van der Waals surface area contributed by atoms with Crippen molar-refractivity contribution in [2.24, 2.45) is 5.73 Å². The van der Waals surface area contributed by atoms with Crippen molar-refractivity contribution in [3.8, 4) is 0 Å². The lowest BCUT2D eigenvalue weighted by molar-refractivity contribution is 0.212. The van der Waals surface area contributed by atoms with Crippen LogP contribution in [-0.4, -0.2) is 13.2 Å². The quantitative estimate of drug-likeness (QED) is 0.717. The Morgan fingerprint density at radius 2 is 1.83 bits per heavy atom. The third kappa shape index (κ3) is 3.89. The average Bonchev–Trinajstić information content (AvgIpc) is 2.32. The van der Waals surface area contributed by atoms with E-state index >= 15 is 0 Å². The molecule has 0 fully saturated rings. The highest BCUT2D eigenvalue weighted by Crippen LogP contribution is 2.59. The van der Waals surface area contributed by atoms with Crippen LogP contribution in [0.1, 0.15) is 25.2 Å². The molecule has 1 atom stereocenters.